The van der Waals surface area contributed by atoms with E-state index in [9.17, 15) is 14.4 Å². The Balaban J connectivity index is 1.76. The van der Waals surface area contributed by atoms with E-state index in [0.717, 1.165) is 4.90 Å². The summed E-state index contributed by atoms with van der Waals surface area (Å²) < 4.78 is 0. The molecule has 1 N–H and O–H groups in total. The fourth-order valence-corrected chi connectivity index (χ4v) is 2.93. The molecular formula is C16H9Cl3N2O3. The molecule has 0 bridgehead atoms. The highest BCUT2D eigenvalue weighted by molar-refractivity contribution is 6.44. The molecule has 3 rings (SSSR count). The summed E-state index contributed by atoms with van der Waals surface area (Å²) in [4.78, 5) is 37.5. The number of rotatable bonds is 3. The van der Waals surface area contributed by atoms with Crippen molar-refractivity contribution in [2.45, 2.75) is 0 Å². The van der Waals surface area contributed by atoms with Crippen molar-refractivity contribution in [2.75, 3.05) is 11.9 Å². The molecule has 0 spiro atoms. The van der Waals surface area contributed by atoms with Crippen LogP contribution in [0.2, 0.25) is 15.1 Å². The van der Waals surface area contributed by atoms with Crippen molar-refractivity contribution in [1.82, 2.24) is 4.90 Å². The molecule has 0 aliphatic carbocycles. The largest absolute Gasteiger partial charge is 0.323 e. The van der Waals surface area contributed by atoms with Crippen LogP contribution in [0.5, 0.6) is 0 Å². The van der Waals surface area contributed by atoms with Crippen LogP contribution in [0.3, 0.4) is 0 Å². The second-order valence-electron chi connectivity index (χ2n) is 5.04. The Morgan fingerprint density at radius 1 is 0.917 bits per heavy atom. The normalized spacial score (nSPS) is 13.2. The monoisotopic (exact) mass is 382 g/mol. The number of fused-ring (bicyclic) bond motifs is 1. The molecule has 0 unspecified atom stereocenters. The lowest BCUT2D eigenvalue weighted by molar-refractivity contribution is -0.116. The minimum atomic E-state index is -0.579. The fourth-order valence-electron chi connectivity index (χ4n) is 2.33. The van der Waals surface area contributed by atoms with Gasteiger partial charge in [-0.05, 0) is 24.3 Å². The van der Waals surface area contributed by atoms with E-state index in [0.29, 0.717) is 0 Å². The number of hydrogen-bond acceptors (Lipinski definition) is 3. The van der Waals surface area contributed by atoms with E-state index in [4.69, 9.17) is 34.8 Å². The van der Waals surface area contributed by atoms with Gasteiger partial charge in [0.2, 0.25) is 5.91 Å². The van der Waals surface area contributed by atoms with Crippen molar-refractivity contribution < 1.29 is 14.4 Å². The number of carbonyl (C=O) groups excluding carboxylic acids is 3. The number of nitrogens with zero attached hydrogens (tertiary/aromatic N) is 1. The minimum Gasteiger partial charge on any atom is -0.323 e. The van der Waals surface area contributed by atoms with Crippen LogP contribution in [-0.2, 0) is 4.79 Å². The highest BCUT2D eigenvalue weighted by Crippen LogP contribution is 2.32. The van der Waals surface area contributed by atoms with Crippen molar-refractivity contribution in [2.24, 2.45) is 0 Å². The molecule has 0 atom stereocenters. The van der Waals surface area contributed by atoms with E-state index in [2.05, 4.69) is 5.32 Å². The van der Waals surface area contributed by atoms with Crippen LogP contribution in [0.15, 0.2) is 36.4 Å². The van der Waals surface area contributed by atoms with Crippen LogP contribution in [0.1, 0.15) is 20.7 Å². The average molecular weight is 384 g/mol. The molecule has 3 amide bonds. The SMILES string of the molecule is O=C(CN1C(=O)c2ccccc2C1=O)Nc1cc(Cl)c(Cl)cc1Cl. The first-order valence-electron chi connectivity index (χ1n) is 6.78. The number of anilines is 1. The first kappa shape index (κ1) is 16.8. The molecule has 24 heavy (non-hydrogen) atoms. The topological polar surface area (TPSA) is 66.5 Å². The molecule has 0 saturated carbocycles. The quantitative estimate of drug-likeness (QED) is 0.646. The van der Waals surface area contributed by atoms with E-state index < -0.39 is 24.3 Å². The number of imide groups is 1. The van der Waals surface area contributed by atoms with E-state index in [1.54, 1.807) is 24.3 Å². The second-order valence-corrected chi connectivity index (χ2v) is 6.26. The summed E-state index contributed by atoms with van der Waals surface area (Å²) in [5.41, 5.74) is 0.804. The molecule has 8 heteroatoms. The van der Waals surface area contributed by atoms with Crippen LogP contribution in [0.4, 0.5) is 5.69 Å². The molecule has 0 fully saturated rings. The predicted molar refractivity (Wildman–Crippen MR) is 91.9 cm³/mol. The Hall–Kier alpha value is -2.08. The van der Waals surface area contributed by atoms with E-state index in [1.807, 2.05) is 0 Å². The van der Waals surface area contributed by atoms with Gasteiger partial charge in [0.15, 0.2) is 0 Å². The van der Waals surface area contributed by atoms with Gasteiger partial charge >= 0.3 is 0 Å². The Morgan fingerprint density at radius 2 is 1.46 bits per heavy atom. The van der Waals surface area contributed by atoms with Crippen molar-refractivity contribution in [3.05, 3.63) is 62.6 Å². The van der Waals surface area contributed by atoms with Gasteiger partial charge in [-0.25, -0.2) is 0 Å². The maximum absolute atomic E-state index is 12.2. The first-order valence-corrected chi connectivity index (χ1v) is 7.91. The van der Waals surface area contributed by atoms with Crippen molar-refractivity contribution in [3.63, 3.8) is 0 Å². The Morgan fingerprint density at radius 3 is 2.04 bits per heavy atom. The highest BCUT2D eigenvalue weighted by Gasteiger charge is 2.36. The van der Waals surface area contributed by atoms with Crippen molar-refractivity contribution >= 4 is 58.2 Å². The third-order valence-electron chi connectivity index (χ3n) is 3.46. The molecular weight excluding hydrogens is 375 g/mol. The number of benzene rings is 2. The molecule has 5 nitrogen and oxygen atoms in total. The van der Waals surface area contributed by atoms with Crippen LogP contribution < -0.4 is 5.32 Å². The van der Waals surface area contributed by atoms with Gasteiger partial charge in [0.05, 0.1) is 31.9 Å². The molecule has 0 aromatic heterocycles. The number of hydrogen-bond donors (Lipinski definition) is 1. The molecule has 0 radical (unpaired) electrons. The van der Waals surface area contributed by atoms with E-state index >= 15 is 0 Å². The van der Waals surface area contributed by atoms with Gasteiger partial charge in [0.25, 0.3) is 11.8 Å². The fraction of sp³-hybridized carbons (Fsp3) is 0.0625. The lowest BCUT2D eigenvalue weighted by Gasteiger charge is -2.14. The zero-order valence-electron chi connectivity index (χ0n) is 12.0. The third kappa shape index (κ3) is 2.98. The summed E-state index contributed by atoms with van der Waals surface area (Å²) in [7, 11) is 0. The smallest absolute Gasteiger partial charge is 0.262 e. The number of carbonyl (C=O) groups is 3. The van der Waals surface area contributed by atoms with Crippen LogP contribution in [-0.4, -0.2) is 29.2 Å². The van der Waals surface area contributed by atoms with Crippen LogP contribution in [0.25, 0.3) is 0 Å². The van der Waals surface area contributed by atoms with Crippen molar-refractivity contribution in [3.8, 4) is 0 Å². The number of halogens is 3. The van der Waals surface area contributed by atoms with E-state index in [-0.39, 0.29) is 31.9 Å². The molecule has 122 valence electrons. The Kier molecular flexibility index (Phi) is 4.49. The highest BCUT2D eigenvalue weighted by atomic mass is 35.5. The van der Waals surface area contributed by atoms with Crippen LogP contribution in [0, 0.1) is 0 Å². The van der Waals surface area contributed by atoms with Gasteiger partial charge in [-0.15, -0.1) is 0 Å². The Labute approximate surface area is 152 Å². The molecule has 1 heterocycles. The maximum atomic E-state index is 12.2. The number of nitrogens with one attached hydrogen (secondary N) is 1. The summed E-state index contributed by atoms with van der Waals surface area (Å²) in [6, 6.07) is 9.19. The predicted octanol–water partition coefficient (Wildman–Crippen LogP) is 3.88. The van der Waals surface area contributed by atoms with Gasteiger partial charge in [-0.2, -0.15) is 0 Å². The lowest BCUT2D eigenvalue weighted by Crippen LogP contribution is -2.37. The van der Waals surface area contributed by atoms with Crippen LogP contribution >= 0.6 is 34.8 Å². The zero-order chi connectivity index (χ0) is 17.4. The summed E-state index contributed by atoms with van der Waals surface area (Å²) in [6.45, 7) is -0.428. The van der Waals surface area contributed by atoms with Gasteiger partial charge in [-0.1, -0.05) is 46.9 Å². The lowest BCUT2D eigenvalue weighted by atomic mass is 10.1. The summed E-state index contributed by atoms with van der Waals surface area (Å²) >= 11 is 17.7. The van der Waals surface area contributed by atoms with E-state index in [1.165, 1.54) is 12.1 Å². The molecule has 0 saturated heterocycles. The summed E-state index contributed by atoms with van der Waals surface area (Å²) in [5, 5.41) is 3.18. The maximum Gasteiger partial charge on any atom is 0.262 e. The summed E-state index contributed by atoms with van der Waals surface area (Å²) in [5.74, 6) is -1.60. The first-order chi connectivity index (χ1) is 11.4. The third-order valence-corrected chi connectivity index (χ3v) is 4.50. The molecule has 2 aromatic rings. The molecule has 2 aromatic carbocycles. The van der Waals surface area contributed by atoms with Gasteiger partial charge in [0, 0.05) is 0 Å². The van der Waals surface area contributed by atoms with Gasteiger partial charge in [-0.3, -0.25) is 19.3 Å². The minimum absolute atomic E-state index is 0.195. The van der Waals surface area contributed by atoms with Gasteiger partial charge < -0.3 is 5.32 Å². The second kappa shape index (κ2) is 6.43. The zero-order valence-corrected chi connectivity index (χ0v) is 14.2. The average Bonchev–Trinajstić information content (AvgIpc) is 2.78. The van der Waals surface area contributed by atoms with Crippen molar-refractivity contribution in [1.29, 1.82) is 0 Å². The number of amides is 3. The standard InChI is InChI=1S/C16H9Cl3N2O3/c17-10-5-12(19)13(6-11(10)18)20-14(22)7-21-15(23)8-3-1-2-4-9(8)16(21)24/h1-6H,7H2,(H,20,22). The van der Waals surface area contributed by atoms with Gasteiger partial charge in [0.1, 0.15) is 6.54 Å². The summed E-state index contributed by atoms with van der Waals surface area (Å²) in [6.07, 6.45) is 0. The Bertz CT molecular complexity index is 848. The molecule has 1 aliphatic heterocycles. The molecule has 1 aliphatic rings.